The fraction of sp³-hybridized carbons (Fsp3) is 0.400. The summed E-state index contributed by atoms with van der Waals surface area (Å²) >= 11 is 5.79. The first-order chi connectivity index (χ1) is 6.69. The van der Waals surface area contributed by atoms with Crippen molar-refractivity contribution in [3.05, 3.63) is 34.9 Å². The van der Waals surface area contributed by atoms with Crippen LogP contribution in [0.2, 0.25) is 5.02 Å². The summed E-state index contributed by atoms with van der Waals surface area (Å²) in [5.74, 6) is 0. The Balaban J connectivity index is 2.82. The van der Waals surface area contributed by atoms with Gasteiger partial charge in [0.25, 0.3) is 0 Å². The molecular formula is C10H13ClO3. The molecule has 0 spiro atoms. The third-order valence-electron chi connectivity index (χ3n) is 1.91. The van der Waals surface area contributed by atoms with Crippen LogP contribution in [-0.4, -0.2) is 25.6 Å². The first-order valence-electron chi connectivity index (χ1n) is 4.18. The summed E-state index contributed by atoms with van der Waals surface area (Å²) in [7, 11) is 2.95. The summed E-state index contributed by atoms with van der Waals surface area (Å²) in [6.45, 7) is 0. The zero-order chi connectivity index (χ0) is 10.6. The van der Waals surface area contributed by atoms with Crippen molar-refractivity contribution in [3.63, 3.8) is 0 Å². The van der Waals surface area contributed by atoms with Crippen LogP contribution in [0.4, 0.5) is 0 Å². The van der Waals surface area contributed by atoms with E-state index in [9.17, 15) is 5.11 Å². The molecule has 0 saturated heterocycles. The SMILES string of the molecule is COC(OC)C(O)c1cccc(Cl)c1. The Kier molecular flexibility index (Phi) is 4.35. The average molecular weight is 217 g/mol. The summed E-state index contributed by atoms with van der Waals surface area (Å²) in [6.07, 6.45) is -1.50. The number of benzene rings is 1. The van der Waals surface area contributed by atoms with Crippen LogP contribution in [0.1, 0.15) is 11.7 Å². The highest BCUT2D eigenvalue weighted by Gasteiger charge is 2.19. The standard InChI is InChI=1S/C10H13ClO3/c1-13-10(14-2)9(12)7-4-3-5-8(11)6-7/h3-6,9-10,12H,1-2H3. The lowest BCUT2D eigenvalue weighted by Gasteiger charge is -2.20. The summed E-state index contributed by atoms with van der Waals surface area (Å²) in [5, 5.41) is 10.4. The molecule has 1 rings (SSSR count). The Hall–Kier alpha value is -0.610. The maximum atomic E-state index is 9.80. The van der Waals surface area contributed by atoms with E-state index in [1.807, 2.05) is 0 Å². The van der Waals surface area contributed by atoms with E-state index in [2.05, 4.69) is 0 Å². The molecule has 0 bridgehead atoms. The third-order valence-corrected chi connectivity index (χ3v) is 2.15. The first kappa shape index (κ1) is 11.5. The molecule has 0 amide bonds. The van der Waals surface area contributed by atoms with Crippen LogP contribution in [0.25, 0.3) is 0 Å². The molecule has 4 heteroatoms. The molecule has 0 saturated carbocycles. The number of methoxy groups -OCH3 is 2. The Morgan fingerprint density at radius 1 is 1.29 bits per heavy atom. The quantitative estimate of drug-likeness (QED) is 0.783. The van der Waals surface area contributed by atoms with Gasteiger partial charge in [0.05, 0.1) is 0 Å². The molecule has 1 unspecified atom stereocenters. The fourth-order valence-corrected chi connectivity index (χ4v) is 1.40. The molecule has 1 atom stereocenters. The summed E-state index contributed by atoms with van der Waals surface area (Å²) in [6, 6.07) is 6.95. The van der Waals surface area contributed by atoms with Crippen LogP contribution < -0.4 is 0 Å². The molecule has 3 nitrogen and oxygen atoms in total. The van der Waals surface area contributed by atoms with E-state index in [-0.39, 0.29) is 0 Å². The lowest BCUT2D eigenvalue weighted by atomic mass is 10.1. The molecule has 14 heavy (non-hydrogen) atoms. The van der Waals surface area contributed by atoms with Crippen molar-refractivity contribution in [3.8, 4) is 0 Å². The highest BCUT2D eigenvalue weighted by Crippen LogP contribution is 2.22. The van der Waals surface area contributed by atoms with E-state index < -0.39 is 12.4 Å². The smallest absolute Gasteiger partial charge is 0.187 e. The number of ether oxygens (including phenoxy) is 2. The molecule has 0 aromatic heterocycles. The second kappa shape index (κ2) is 5.32. The van der Waals surface area contributed by atoms with E-state index in [0.29, 0.717) is 10.6 Å². The minimum Gasteiger partial charge on any atom is -0.383 e. The van der Waals surface area contributed by atoms with E-state index in [1.165, 1.54) is 14.2 Å². The lowest BCUT2D eigenvalue weighted by molar-refractivity contribution is -0.166. The zero-order valence-corrected chi connectivity index (χ0v) is 8.86. The van der Waals surface area contributed by atoms with Gasteiger partial charge in [0, 0.05) is 19.2 Å². The molecule has 0 aliphatic carbocycles. The monoisotopic (exact) mass is 216 g/mol. The van der Waals surface area contributed by atoms with Crippen molar-refractivity contribution in [1.29, 1.82) is 0 Å². The fourth-order valence-electron chi connectivity index (χ4n) is 1.20. The normalized spacial score (nSPS) is 13.2. The number of aliphatic hydroxyl groups excluding tert-OH is 1. The highest BCUT2D eigenvalue weighted by atomic mass is 35.5. The number of hydrogen-bond donors (Lipinski definition) is 1. The summed E-state index contributed by atoms with van der Waals surface area (Å²) in [4.78, 5) is 0. The summed E-state index contributed by atoms with van der Waals surface area (Å²) in [5.41, 5.74) is 0.672. The minimum absolute atomic E-state index is 0.576. The zero-order valence-electron chi connectivity index (χ0n) is 8.11. The molecule has 1 aromatic carbocycles. The van der Waals surface area contributed by atoms with E-state index in [0.717, 1.165) is 0 Å². The van der Waals surface area contributed by atoms with Crippen LogP contribution in [0, 0.1) is 0 Å². The van der Waals surface area contributed by atoms with Gasteiger partial charge in [0.2, 0.25) is 0 Å². The number of aliphatic hydroxyl groups is 1. The summed E-state index contributed by atoms with van der Waals surface area (Å²) < 4.78 is 9.88. The van der Waals surface area contributed by atoms with Gasteiger partial charge >= 0.3 is 0 Å². The molecule has 1 N–H and O–H groups in total. The van der Waals surface area contributed by atoms with Gasteiger partial charge in [0.15, 0.2) is 6.29 Å². The van der Waals surface area contributed by atoms with Gasteiger partial charge in [0.1, 0.15) is 6.10 Å². The number of rotatable bonds is 4. The van der Waals surface area contributed by atoms with Gasteiger partial charge in [-0.15, -0.1) is 0 Å². The van der Waals surface area contributed by atoms with Crippen molar-refractivity contribution in [2.24, 2.45) is 0 Å². The topological polar surface area (TPSA) is 38.7 Å². The second-order valence-electron chi connectivity index (χ2n) is 2.84. The van der Waals surface area contributed by atoms with Gasteiger partial charge in [-0.1, -0.05) is 23.7 Å². The van der Waals surface area contributed by atoms with E-state index >= 15 is 0 Å². The predicted molar refractivity (Wildman–Crippen MR) is 54.2 cm³/mol. The molecule has 0 heterocycles. The molecule has 78 valence electrons. The second-order valence-corrected chi connectivity index (χ2v) is 3.28. The van der Waals surface area contributed by atoms with Gasteiger partial charge < -0.3 is 14.6 Å². The predicted octanol–water partition coefficient (Wildman–Crippen LogP) is 1.99. The highest BCUT2D eigenvalue weighted by molar-refractivity contribution is 6.30. The molecule has 0 aliphatic heterocycles. The molecular weight excluding hydrogens is 204 g/mol. The van der Waals surface area contributed by atoms with Crippen LogP contribution in [0.3, 0.4) is 0 Å². The van der Waals surface area contributed by atoms with Crippen molar-refractivity contribution < 1.29 is 14.6 Å². The maximum absolute atomic E-state index is 9.80. The molecule has 0 aliphatic rings. The van der Waals surface area contributed by atoms with Crippen LogP contribution in [0.15, 0.2) is 24.3 Å². The van der Waals surface area contributed by atoms with Gasteiger partial charge in [-0.2, -0.15) is 0 Å². The molecule has 0 radical (unpaired) electrons. The van der Waals surface area contributed by atoms with Crippen molar-refractivity contribution >= 4 is 11.6 Å². The Labute approximate surface area is 88.2 Å². The first-order valence-corrected chi connectivity index (χ1v) is 4.56. The molecule has 1 aromatic rings. The third kappa shape index (κ3) is 2.69. The van der Waals surface area contributed by atoms with Crippen LogP contribution in [0.5, 0.6) is 0 Å². The Morgan fingerprint density at radius 3 is 2.43 bits per heavy atom. The van der Waals surface area contributed by atoms with Crippen molar-refractivity contribution in [2.45, 2.75) is 12.4 Å². The molecule has 0 fully saturated rings. The average Bonchev–Trinajstić information content (AvgIpc) is 2.19. The minimum atomic E-state index is -0.830. The van der Waals surface area contributed by atoms with Crippen molar-refractivity contribution in [2.75, 3.05) is 14.2 Å². The Bertz CT molecular complexity index is 286. The van der Waals surface area contributed by atoms with E-state index in [1.54, 1.807) is 24.3 Å². The van der Waals surface area contributed by atoms with Crippen LogP contribution in [-0.2, 0) is 9.47 Å². The Morgan fingerprint density at radius 2 is 1.93 bits per heavy atom. The number of halogens is 1. The van der Waals surface area contributed by atoms with Gasteiger partial charge in [-0.3, -0.25) is 0 Å². The van der Waals surface area contributed by atoms with Crippen LogP contribution >= 0.6 is 11.6 Å². The number of hydrogen-bond acceptors (Lipinski definition) is 3. The maximum Gasteiger partial charge on any atom is 0.187 e. The lowest BCUT2D eigenvalue weighted by Crippen LogP contribution is -2.22. The van der Waals surface area contributed by atoms with Gasteiger partial charge in [-0.25, -0.2) is 0 Å². The van der Waals surface area contributed by atoms with E-state index in [4.69, 9.17) is 21.1 Å². The van der Waals surface area contributed by atoms with Crippen molar-refractivity contribution in [1.82, 2.24) is 0 Å². The van der Waals surface area contributed by atoms with Gasteiger partial charge in [-0.05, 0) is 17.7 Å². The largest absolute Gasteiger partial charge is 0.383 e.